The second kappa shape index (κ2) is 7.98. The third-order valence-electron chi connectivity index (χ3n) is 2.81. The van der Waals surface area contributed by atoms with Crippen LogP contribution in [-0.4, -0.2) is 36.9 Å². The number of hydrogen-bond donors (Lipinski definition) is 0. The van der Waals surface area contributed by atoms with E-state index in [2.05, 4.69) is 0 Å². The summed E-state index contributed by atoms with van der Waals surface area (Å²) < 4.78 is 5.09. The largest absolute Gasteiger partial charge is 0.497 e. The molecular weight excluding hydrogens is 250 g/mol. The van der Waals surface area contributed by atoms with Crippen LogP contribution in [0.4, 0.5) is 0 Å². The van der Waals surface area contributed by atoms with E-state index in [0.29, 0.717) is 12.3 Å². The third-order valence-corrected chi connectivity index (χ3v) is 3.08. The number of halogens is 1. The number of rotatable bonds is 7. The topological polar surface area (TPSA) is 29.5 Å². The molecule has 0 heterocycles. The zero-order valence-electron chi connectivity index (χ0n) is 11.0. The van der Waals surface area contributed by atoms with Gasteiger partial charge in [-0.3, -0.25) is 4.79 Å². The van der Waals surface area contributed by atoms with E-state index in [0.717, 1.165) is 30.8 Å². The van der Waals surface area contributed by atoms with Crippen molar-refractivity contribution in [3.63, 3.8) is 0 Å². The number of alkyl halides is 1. The van der Waals surface area contributed by atoms with Gasteiger partial charge in [-0.05, 0) is 31.0 Å². The van der Waals surface area contributed by atoms with E-state index in [1.807, 2.05) is 36.1 Å². The Labute approximate surface area is 114 Å². The standard InChI is InChI=1S/C14H20ClNO2/c1-3-16(10-4-9-15)14(17)11-12-5-7-13(18-2)8-6-12/h5-8H,3-4,9-11H2,1-2H3. The maximum Gasteiger partial charge on any atom is 0.226 e. The molecule has 0 fully saturated rings. The summed E-state index contributed by atoms with van der Waals surface area (Å²) in [5, 5.41) is 0. The van der Waals surface area contributed by atoms with Crippen LogP contribution in [0.5, 0.6) is 5.75 Å². The van der Waals surface area contributed by atoms with Crippen molar-refractivity contribution in [3.05, 3.63) is 29.8 Å². The van der Waals surface area contributed by atoms with Crippen LogP contribution in [0.3, 0.4) is 0 Å². The molecule has 1 aromatic carbocycles. The first kappa shape index (κ1) is 14.8. The molecule has 0 bridgehead atoms. The minimum Gasteiger partial charge on any atom is -0.497 e. The molecule has 0 radical (unpaired) electrons. The average Bonchev–Trinajstić information content (AvgIpc) is 2.40. The Morgan fingerprint density at radius 2 is 2.00 bits per heavy atom. The molecule has 3 nitrogen and oxygen atoms in total. The molecule has 0 aromatic heterocycles. The lowest BCUT2D eigenvalue weighted by Gasteiger charge is -2.20. The molecule has 1 aromatic rings. The van der Waals surface area contributed by atoms with Crippen molar-refractivity contribution in [1.29, 1.82) is 0 Å². The molecule has 1 amide bonds. The van der Waals surface area contributed by atoms with Crippen molar-refractivity contribution in [2.45, 2.75) is 19.8 Å². The summed E-state index contributed by atoms with van der Waals surface area (Å²) in [5.41, 5.74) is 1.00. The van der Waals surface area contributed by atoms with Crippen molar-refractivity contribution >= 4 is 17.5 Å². The lowest BCUT2D eigenvalue weighted by Crippen LogP contribution is -2.33. The minimum atomic E-state index is 0.146. The first-order valence-corrected chi connectivity index (χ1v) is 6.71. The highest BCUT2D eigenvalue weighted by Gasteiger charge is 2.11. The minimum absolute atomic E-state index is 0.146. The zero-order chi connectivity index (χ0) is 13.4. The third kappa shape index (κ3) is 4.57. The van der Waals surface area contributed by atoms with Gasteiger partial charge in [-0.15, -0.1) is 11.6 Å². The Bertz CT molecular complexity index is 365. The molecule has 0 aliphatic rings. The number of methoxy groups -OCH3 is 1. The van der Waals surface area contributed by atoms with Gasteiger partial charge < -0.3 is 9.64 Å². The number of carbonyl (C=O) groups excluding carboxylic acids is 1. The fourth-order valence-electron chi connectivity index (χ4n) is 1.74. The molecule has 0 spiro atoms. The van der Waals surface area contributed by atoms with E-state index >= 15 is 0 Å². The predicted octanol–water partition coefficient (Wildman–Crippen LogP) is 2.72. The molecule has 4 heteroatoms. The van der Waals surface area contributed by atoms with Crippen LogP contribution in [0.25, 0.3) is 0 Å². The van der Waals surface area contributed by atoms with Crippen molar-refractivity contribution < 1.29 is 9.53 Å². The molecule has 100 valence electrons. The van der Waals surface area contributed by atoms with Gasteiger partial charge in [-0.25, -0.2) is 0 Å². The van der Waals surface area contributed by atoms with Crippen LogP contribution in [0.2, 0.25) is 0 Å². The number of nitrogens with zero attached hydrogens (tertiary/aromatic N) is 1. The normalized spacial score (nSPS) is 10.2. The lowest BCUT2D eigenvalue weighted by molar-refractivity contribution is -0.130. The maximum absolute atomic E-state index is 12.1. The van der Waals surface area contributed by atoms with E-state index < -0.39 is 0 Å². The fourth-order valence-corrected chi connectivity index (χ4v) is 1.86. The number of benzene rings is 1. The van der Waals surface area contributed by atoms with Crippen LogP contribution in [-0.2, 0) is 11.2 Å². The van der Waals surface area contributed by atoms with Crippen molar-refractivity contribution in [2.75, 3.05) is 26.1 Å². The van der Waals surface area contributed by atoms with Gasteiger partial charge in [-0.1, -0.05) is 12.1 Å². The number of carbonyl (C=O) groups is 1. The Hall–Kier alpha value is -1.22. The van der Waals surface area contributed by atoms with Gasteiger partial charge in [0.1, 0.15) is 5.75 Å². The predicted molar refractivity (Wildman–Crippen MR) is 74.3 cm³/mol. The zero-order valence-corrected chi connectivity index (χ0v) is 11.7. The molecule has 0 saturated heterocycles. The molecular formula is C14H20ClNO2. The molecule has 0 saturated carbocycles. The second-order valence-electron chi connectivity index (χ2n) is 4.04. The molecule has 0 aliphatic heterocycles. The second-order valence-corrected chi connectivity index (χ2v) is 4.42. The van der Waals surface area contributed by atoms with Gasteiger partial charge in [-0.2, -0.15) is 0 Å². The molecule has 0 atom stereocenters. The summed E-state index contributed by atoms with van der Waals surface area (Å²) >= 11 is 5.65. The summed E-state index contributed by atoms with van der Waals surface area (Å²) in [5.74, 6) is 1.54. The van der Waals surface area contributed by atoms with E-state index in [-0.39, 0.29) is 5.91 Å². The number of ether oxygens (including phenoxy) is 1. The number of amides is 1. The average molecular weight is 270 g/mol. The van der Waals surface area contributed by atoms with Gasteiger partial charge in [0.2, 0.25) is 5.91 Å². The van der Waals surface area contributed by atoms with Gasteiger partial charge in [0.25, 0.3) is 0 Å². The highest BCUT2D eigenvalue weighted by molar-refractivity contribution is 6.17. The SMILES string of the molecule is CCN(CCCCl)C(=O)Cc1ccc(OC)cc1. The van der Waals surface area contributed by atoms with Gasteiger partial charge >= 0.3 is 0 Å². The van der Waals surface area contributed by atoms with Crippen molar-refractivity contribution in [3.8, 4) is 5.75 Å². The van der Waals surface area contributed by atoms with E-state index in [4.69, 9.17) is 16.3 Å². The smallest absolute Gasteiger partial charge is 0.226 e. The van der Waals surface area contributed by atoms with Crippen LogP contribution < -0.4 is 4.74 Å². The summed E-state index contributed by atoms with van der Waals surface area (Å²) in [6, 6.07) is 7.59. The maximum atomic E-state index is 12.1. The van der Waals surface area contributed by atoms with Crippen molar-refractivity contribution in [2.24, 2.45) is 0 Å². The van der Waals surface area contributed by atoms with Crippen LogP contribution in [0, 0.1) is 0 Å². The number of hydrogen-bond acceptors (Lipinski definition) is 2. The molecule has 0 N–H and O–H groups in total. The van der Waals surface area contributed by atoms with E-state index in [9.17, 15) is 4.79 Å². The fraction of sp³-hybridized carbons (Fsp3) is 0.500. The lowest BCUT2D eigenvalue weighted by atomic mass is 10.1. The van der Waals surface area contributed by atoms with Gasteiger partial charge in [0, 0.05) is 19.0 Å². The summed E-state index contributed by atoms with van der Waals surface area (Å²) in [6.07, 6.45) is 1.27. The summed E-state index contributed by atoms with van der Waals surface area (Å²) in [7, 11) is 1.63. The Balaban J connectivity index is 2.55. The summed E-state index contributed by atoms with van der Waals surface area (Å²) in [6.45, 7) is 3.45. The Kier molecular flexibility index (Phi) is 6.58. The molecule has 0 aliphatic carbocycles. The highest BCUT2D eigenvalue weighted by atomic mass is 35.5. The number of likely N-dealkylation sites (N-methyl/N-ethyl adjacent to an activating group) is 1. The van der Waals surface area contributed by atoms with Crippen LogP contribution in [0.1, 0.15) is 18.9 Å². The Morgan fingerprint density at radius 1 is 1.33 bits per heavy atom. The van der Waals surface area contributed by atoms with Gasteiger partial charge in [0.05, 0.1) is 13.5 Å². The highest BCUT2D eigenvalue weighted by Crippen LogP contribution is 2.12. The first-order chi connectivity index (χ1) is 8.71. The Morgan fingerprint density at radius 3 is 2.50 bits per heavy atom. The quantitative estimate of drug-likeness (QED) is 0.713. The van der Waals surface area contributed by atoms with Gasteiger partial charge in [0.15, 0.2) is 0 Å². The summed E-state index contributed by atoms with van der Waals surface area (Å²) in [4.78, 5) is 13.9. The van der Waals surface area contributed by atoms with Crippen molar-refractivity contribution in [1.82, 2.24) is 4.90 Å². The van der Waals surface area contributed by atoms with E-state index in [1.165, 1.54) is 0 Å². The molecule has 18 heavy (non-hydrogen) atoms. The molecule has 1 rings (SSSR count). The monoisotopic (exact) mass is 269 g/mol. The molecule has 0 unspecified atom stereocenters. The van der Waals surface area contributed by atoms with Crippen LogP contribution >= 0.6 is 11.6 Å². The van der Waals surface area contributed by atoms with E-state index in [1.54, 1.807) is 7.11 Å². The first-order valence-electron chi connectivity index (χ1n) is 6.18. The van der Waals surface area contributed by atoms with Crippen LogP contribution in [0.15, 0.2) is 24.3 Å².